The van der Waals surface area contributed by atoms with E-state index in [4.69, 9.17) is 17.3 Å². The van der Waals surface area contributed by atoms with E-state index in [0.717, 1.165) is 12.0 Å². The smallest absolute Gasteiger partial charge is 0.124 e. The number of nitrogens with two attached hydrogens (primary N) is 1. The molecule has 0 aliphatic rings. The van der Waals surface area contributed by atoms with E-state index < -0.39 is 11.9 Å². The van der Waals surface area contributed by atoms with Crippen LogP contribution in [0.2, 0.25) is 5.02 Å². The van der Waals surface area contributed by atoms with Crippen LogP contribution in [0.1, 0.15) is 23.5 Å². The maximum absolute atomic E-state index is 13.1. The van der Waals surface area contributed by atoms with E-state index in [1.807, 2.05) is 30.3 Å². The molecule has 0 heterocycles. The fourth-order valence-electron chi connectivity index (χ4n) is 2.45. The Kier molecular flexibility index (Phi) is 5.74. The van der Waals surface area contributed by atoms with Crippen LogP contribution in [0.15, 0.2) is 48.5 Å². The van der Waals surface area contributed by atoms with Crippen LogP contribution in [-0.4, -0.2) is 17.8 Å². The van der Waals surface area contributed by atoms with Crippen LogP contribution < -0.4 is 5.73 Å². The fraction of sp³-hybridized carbons (Fsp3) is 0.294. The second kappa shape index (κ2) is 7.55. The molecule has 3 N–H and O–H groups in total. The summed E-state index contributed by atoms with van der Waals surface area (Å²) in [6, 6.07) is 14.1. The van der Waals surface area contributed by atoms with E-state index in [0.29, 0.717) is 17.0 Å². The molecule has 0 radical (unpaired) electrons. The summed E-state index contributed by atoms with van der Waals surface area (Å²) in [5, 5.41) is 10.7. The lowest BCUT2D eigenvalue weighted by atomic mass is 9.90. The third-order valence-electron chi connectivity index (χ3n) is 3.65. The van der Waals surface area contributed by atoms with Crippen molar-refractivity contribution in [2.75, 3.05) is 6.54 Å². The van der Waals surface area contributed by atoms with Gasteiger partial charge in [0.1, 0.15) is 5.82 Å². The minimum atomic E-state index is -0.613. The minimum Gasteiger partial charge on any atom is -0.392 e. The van der Waals surface area contributed by atoms with Gasteiger partial charge in [0, 0.05) is 17.5 Å². The molecule has 0 bridgehead atoms. The molecule has 2 unspecified atom stereocenters. The highest BCUT2D eigenvalue weighted by Gasteiger charge is 2.22. The van der Waals surface area contributed by atoms with Crippen molar-refractivity contribution in [1.82, 2.24) is 0 Å². The van der Waals surface area contributed by atoms with Crippen molar-refractivity contribution in [2.24, 2.45) is 5.73 Å². The van der Waals surface area contributed by atoms with Crippen molar-refractivity contribution in [3.05, 3.63) is 70.5 Å². The van der Waals surface area contributed by atoms with Gasteiger partial charge in [-0.05, 0) is 36.1 Å². The zero-order chi connectivity index (χ0) is 15.2. The summed E-state index contributed by atoms with van der Waals surface area (Å²) in [5.74, 6) is -0.680. The van der Waals surface area contributed by atoms with Gasteiger partial charge in [0.2, 0.25) is 0 Å². The van der Waals surface area contributed by atoms with Crippen molar-refractivity contribution in [3.8, 4) is 0 Å². The van der Waals surface area contributed by atoms with Gasteiger partial charge >= 0.3 is 0 Å². The van der Waals surface area contributed by atoms with Gasteiger partial charge in [-0.25, -0.2) is 4.39 Å². The van der Waals surface area contributed by atoms with Crippen LogP contribution in [-0.2, 0) is 6.42 Å². The first-order valence-corrected chi connectivity index (χ1v) is 7.36. The first-order chi connectivity index (χ1) is 10.1. The Labute approximate surface area is 129 Å². The Morgan fingerprint density at radius 3 is 2.48 bits per heavy atom. The molecule has 0 amide bonds. The number of hydrogen-bond acceptors (Lipinski definition) is 2. The van der Waals surface area contributed by atoms with E-state index in [1.54, 1.807) is 6.07 Å². The Bertz CT molecular complexity index is 576. The molecule has 0 spiro atoms. The third-order valence-corrected chi connectivity index (χ3v) is 3.98. The van der Waals surface area contributed by atoms with Gasteiger partial charge in [-0.1, -0.05) is 48.0 Å². The topological polar surface area (TPSA) is 46.2 Å². The van der Waals surface area contributed by atoms with Crippen molar-refractivity contribution in [1.29, 1.82) is 0 Å². The maximum atomic E-state index is 13.1. The van der Waals surface area contributed by atoms with Crippen LogP contribution in [0.25, 0.3) is 0 Å². The Morgan fingerprint density at radius 1 is 1.14 bits per heavy atom. The highest BCUT2D eigenvalue weighted by Crippen LogP contribution is 2.29. The molecule has 112 valence electrons. The molecule has 0 aliphatic carbocycles. The average Bonchev–Trinajstić information content (AvgIpc) is 2.49. The van der Waals surface area contributed by atoms with E-state index in [2.05, 4.69) is 0 Å². The molecule has 2 aromatic rings. The van der Waals surface area contributed by atoms with Crippen molar-refractivity contribution in [2.45, 2.75) is 24.9 Å². The number of aryl methyl sites for hydroxylation is 1. The molecule has 0 saturated heterocycles. The lowest BCUT2D eigenvalue weighted by Crippen LogP contribution is -2.26. The van der Waals surface area contributed by atoms with E-state index >= 15 is 0 Å². The Hall–Kier alpha value is -1.42. The average molecular weight is 308 g/mol. The molecule has 0 aromatic heterocycles. The van der Waals surface area contributed by atoms with Crippen LogP contribution in [0.5, 0.6) is 0 Å². The number of benzene rings is 2. The zero-order valence-corrected chi connectivity index (χ0v) is 12.4. The first kappa shape index (κ1) is 16.0. The number of halogens is 2. The third kappa shape index (κ3) is 4.27. The summed E-state index contributed by atoms with van der Waals surface area (Å²) < 4.78 is 13.1. The first-order valence-electron chi connectivity index (χ1n) is 6.99. The Morgan fingerprint density at radius 2 is 1.86 bits per heavy atom. The summed E-state index contributed by atoms with van der Waals surface area (Å²) in [4.78, 5) is 0. The van der Waals surface area contributed by atoms with Crippen molar-refractivity contribution >= 4 is 11.6 Å². The Balaban J connectivity index is 2.06. The molecule has 2 rings (SSSR count). The molecule has 21 heavy (non-hydrogen) atoms. The highest BCUT2D eigenvalue weighted by atomic mass is 35.5. The summed E-state index contributed by atoms with van der Waals surface area (Å²) >= 11 is 6.06. The molecule has 0 aliphatic heterocycles. The molecule has 4 heteroatoms. The largest absolute Gasteiger partial charge is 0.392 e. The van der Waals surface area contributed by atoms with Crippen LogP contribution in [0, 0.1) is 5.82 Å². The minimum absolute atomic E-state index is 0.265. The number of rotatable bonds is 6. The normalized spacial score (nSPS) is 13.9. The number of aliphatic hydroxyl groups is 1. The summed E-state index contributed by atoms with van der Waals surface area (Å²) in [6.07, 6.45) is 0.731. The number of aliphatic hydroxyl groups excluding tert-OH is 1. The van der Waals surface area contributed by atoms with Gasteiger partial charge in [0.05, 0.1) is 6.10 Å². The summed E-state index contributed by atoms with van der Waals surface area (Å²) in [5.41, 5.74) is 7.63. The quantitative estimate of drug-likeness (QED) is 0.858. The van der Waals surface area contributed by atoms with Gasteiger partial charge < -0.3 is 10.8 Å². The standard InChI is InChI=1S/C17H19ClFNO/c18-16-10-13(19)7-8-14(16)15(11-20)17(21)9-6-12-4-2-1-3-5-12/h1-5,7-8,10,15,17,21H,6,9,11,20H2. The second-order valence-electron chi connectivity index (χ2n) is 5.10. The van der Waals surface area contributed by atoms with Crippen molar-refractivity contribution in [3.63, 3.8) is 0 Å². The van der Waals surface area contributed by atoms with Gasteiger partial charge in [-0.15, -0.1) is 0 Å². The maximum Gasteiger partial charge on any atom is 0.124 e. The van der Waals surface area contributed by atoms with Crippen LogP contribution >= 0.6 is 11.6 Å². The molecule has 2 nitrogen and oxygen atoms in total. The lowest BCUT2D eigenvalue weighted by molar-refractivity contribution is 0.136. The zero-order valence-electron chi connectivity index (χ0n) is 11.7. The fourth-order valence-corrected chi connectivity index (χ4v) is 2.76. The van der Waals surface area contributed by atoms with Gasteiger partial charge in [0.15, 0.2) is 0 Å². The molecular weight excluding hydrogens is 289 g/mol. The molecule has 0 fully saturated rings. The van der Waals surface area contributed by atoms with Gasteiger partial charge in [-0.2, -0.15) is 0 Å². The molecule has 2 atom stereocenters. The van der Waals surface area contributed by atoms with Crippen LogP contribution in [0.3, 0.4) is 0 Å². The van der Waals surface area contributed by atoms with Crippen LogP contribution in [0.4, 0.5) is 4.39 Å². The predicted octanol–water partition coefficient (Wildman–Crippen LogP) is 3.52. The predicted molar refractivity (Wildman–Crippen MR) is 84.0 cm³/mol. The SMILES string of the molecule is NCC(c1ccc(F)cc1Cl)C(O)CCc1ccccc1. The number of hydrogen-bond donors (Lipinski definition) is 2. The second-order valence-corrected chi connectivity index (χ2v) is 5.51. The lowest BCUT2D eigenvalue weighted by Gasteiger charge is -2.23. The highest BCUT2D eigenvalue weighted by molar-refractivity contribution is 6.31. The van der Waals surface area contributed by atoms with E-state index in [9.17, 15) is 9.50 Å². The van der Waals surface area contributed by atoms with Gasteiger partial charge in [0.25, 0.3) is 0 Å². The van der Waals surface area contributed by atoms with Crippen molar-refractivity contribution < 1.29 is 9.50 Å². The van der Waals surface area contributed by atoms with E-state index in [1.165, 1.54) is 12.1 Å². The van der Waals surface area contributed by atoms with E-state index in [-0.39, 0.29) is 12.5 Å². The van der Waals surface area contributed by atoms with Gasteiger partial charge in [-0.3, -0.25) is 0 Å². The molecule has 0 saturated carbocycles. The summed E-state index contributed by atoms with van der Waals surface area (Å²) in [7, 11) is 0. The monoisotopic (exact) mass is 307 g/mol. The summed E-state index contributed by atoms with van der Waals surface area (Å²) in [6.45, 7) is 0.265. The molecule has 2 aromatic carbocycles. The molecular formula is C17H19ClFNO.